The average Bonchev–Trinajstić information content (AvgIpc) is 2.65. The summed E-state index contributed by atoms with van der Waals surface area (Å²) in [6.45, 7) is 1.93. The van der Waals surface area contributed by atoms with Gasteiger partial charge in [-0.25, -0.2) is 15.0 Å². The van der Waals surface area contributed by atoms with E-state index < -0.39 is 0 Å². The molecule has 0 unspecified atom stereocenters. The van der Waals surface area contributed by atoms with Crippen LogP contribution in [0, 0.1) is 6.92 Å². The minimum Gasteiger partial charge on any atom is -0.492 e. The van der Waals surface area contributed by atoms with Crippen molar-refractivity contribution in [2.24, 2.45) is 0 Å². The van der Waals surface area contributed by atoms with Gasteiger partial charge in [0.25, 0.3) is 0 Å². The molecule has 0 aromatic carbocycles. The van der Waals surface area contributed by atoms with E-state index in [2.05, 4.69) is 15.0 Å². The third kappa shape index (κ3) is 2.08. The Morgan fingerprint density at radius 2 is 2.20 bits per heavy atom. The zero-order valence-electron chi connectivity index (χ0n) is 8.19. The van der Waals surface area contributed by atoms with E-state index in [1.54, 1.807) is 17.5 Å². The van der Waals surface area contributed by atoms with Gasteiger partial charge in [-0.3, -0.25) is 0 Å². The van der Waals surface area contributed by atoms with E-state index in [1.165, 1.54) is 7.11 Å². The van der Waals surface area contributed by atoms with Crippen LogP contribution in [0.5, 0.6) is 5.75 Å². The molecule has 78 valence electrons. The molecule has 0 aliphatic rings. The summed E-state index contributed by atoms with van der Waals surface area (Å²) in [5, 5.41) is 3.17. The molecule has 0 fully saturated rings. The summed E-state index contributed by atoms with van der Waals surface area (Å²) in [5.41, 5.74) is 0.738. The quantitative estimate of drug-likeness (QED) is 0.759. The monoisotopic (exact) mass is 241 g/mol. The molecule has 0 N–H and O–H groups in total. The van der Waals surface area contributed by atoms with Crippen molar-refractivity contribution in [1.29, 1.82) is 0 Å². The maximum absolute atomic E-state index is 5.89. The standard InChI is InChI=1S/C9H8ClN3OS/c1-5-12-6(4-15-5)9-11-3-7(14-2)8(10)13-9/h3-4H,1-2H3. The topological polar surface area (TPSA) is 47.9 Å². The molecule has 2 aromatic rings. The number of methoxy groups -OCH3 is 1. The normalized spacial score (nSPS) is 10.3. The molecule has 0 amide bonds. The molecule has 2 rings (SSSR count). The second kappa shape index (κ2) is 4.12. The molecule has 2 aromatic heterocycles. The van der Waals surface area contributed by atoms with Crippen molar-refractivity contribution in [2.45, 2.75) is 6.92 Å². The molecule has 0 bridgehead atoms. The van der Waals surface area contributed by atoms with Gasteiger partial charge < -0.3 is 4.74 Å². The summed E-state index contributed by atoms with van der Waals surface area (Å²) < 4.78 is 4.97. The number of aromatic nitrogens is 3. The van der Waals surface area contributed by atoms with Gasteiger partial charge in [-0.15, -0.1) is 11.3 Å². The van der Waals surface area contributed by atoms with Crippen molar-refractivity contribution in [1.82, 2.24) is 15.0 Å². The van der Waals surface area contributed by atoms with Gasteiger partial charge in [0, 0.05) is 5.38 Å². The van der Waals surface area contributed by atoms with Crippen molar-refractivity contribution in [3.63, 3.8) is 0 Å². The smallest absolute Gasteiger partial charge is 0.180 e. The van der Waals surface area contributed by atoms with Crippen LogP contribution in [0.1, 0.15) is 5.01 Å². The number of nitrogens with zero attached hydrogens (tertiary/aromatic N) is 3. The first-order valence-electron chi connectivity index (χ1n) is 4.19. The summed E-state index contributed by atoms with van der Waals surface area (Å²) in [5.74, 6) is 0.984. The van der Waals surface area contributed by atoms with Gasteiger partial charge in [0.05, 0.1) is 18.3 Å². The Bertz CT molecular complexity index is 486. The molecule has 0 spiro atoms. The largest absolute Gasteiger partial charge is 0.492 e. The lowest BCUT2D eigenvalue weighted by molar-refractivity contribution is 0.411. The zero-order chi connectivity index (χ0) is 10.8. The molecule has 0 saturated heterocycles. The lowest BCUT2D eigenvalue weighted by Crippen LogP contribution is -1.93. The first kappa shape index (κ1) is 10.3. The van der Waals surface area contributed by atoms with Crippen LogP contribution in [0.25, 0.3) is 11.5 Å². The molecule has 0 saturated carbocycles. The highest BCUT2D eigenvalue weighted by molar-refractivity contribution is 7.09. The lowest BCUT2D eigenvalue weighted by Gasteiger charge is -2.01. The number of hydrogen-bond acceptors (Lipinski definition) is 5. The third-order valence-electron chi connectivity index (χ3n) is 1.78. The van der Waals surface area contributed by atoms with Gasteiger partial charge in [-0.05, 0) is 6.92 Å². The summed E-state index contributed by atoms with van der Waals surface area (Å²) in [4.78, 5) is 12.5. The molecule has 0 atom stereocenters. The first-order valence-corrected chi connectivity index (χ1v) is 5.45. The van der Waals surface area contributed by atoms with Crippen LogP contribution in [-0.2, 0) is 0 Å². The Hall–Kier alpha value is -1.20. The van der Waals surface area contributed by atoms with E-state index in [0.717, 1.165) is 10.7 Å². The third-order valence-corrected chi connectivity index (χ3v) is 2.82. The molecular formula is C9H8ClN3OS. The molecule has 4 nitrogen and oxygen atoms in total. The molecule has 2 heterocycles. The van der Waals surface area contributed by atoms with Crippen LogP contribution in [0.15, 0.2) is 11.6 Å². The zero-order valence-corrected chi connectivity index (χ0v) is 9.76. The number of halogens is 1. The van der Waals surface area contributed by atoms with Gasteiger partial charge in [-0.2, -0.15) is 0 Å². The van der Waals surface area contributed by atoms with Crippen molar-refractivity contribution in [3.8, 4) is 17.3 Å². The van der Waals surface area contributed by atoms with Crippen LogP contribution in [0.3, 0.4) is 0 Å². The van der Waals surface area contributed by atoms with Gasteiger partial charge in [0.2, 0.25) is 0 Å². The predicted molar refractivity (Wildman–Crippen MR) is 59.4 cm³/mol. The Labute approximate surface area is 95.9 Å². The maximum atomic E-state index is 5.89. The predicted octanol–water partition coefficient (Wildman–Crippen LogP) is 2.57. The molecule has 0 aliphatic carbocycles. The van der Waals surface area contributed by atoms with Crippen LogP contribution < -0.4 is 4.74 Å². The van der Waals surface area contributed by atoms with E-state index in [9.17, 15) is 0 Å². The minimum absolute atomic E-state index is 0.299. The van der Waals surface area contributed by atoms with Crippen LogP contribution in [0.2, 0.25) is 5.15 Å². The van der Waals surface area contributed by atoms with Gasteiger partial charge >= 0.3 is 0 Å². The molecule has 0 radical (unpaired) electrons. The fraction of sp³-hybridized carbons (Fsp3) is 0.222. The first-order chi connectivity index (χ1) is 7.20. The van der Waals surface area contributed by atoms with E-state index in [4.69, 9.17) is 16.3 Å². The molecule has 15 heavy (non-hydrogen) atoms. The van der Waals surface area contributed by atoms with E-state index in [1.807, 2.05) is 12.3 Å². The molecular weight excluding hydrogens is 234 g/mol. The van der Waals surface area contributed by atoms with Crippen LogP contribution in [0.4, 0.5) is 0 Å². The van der Waals surface area contributed by atoms with E-state index in [-0.39, 0.29) is 0 Å². The number of rotatable bonds is 2. The Kier molecular flexibility index (Phi) is 2.83. The van der Waals surface area contributed by atoms with E-state index in [0.29, 0.717) is 16.7 Å². The van der Waals surface area contributed by atoms with Crippen molar-refractivity contribution < 1.29 is 4.74 Å². The number of ether oxygens (including phenoxy) is 1. The van der Waals surface area contributed by atoms with Gasteiger partial charge in [-0.1, -0.05) is 11.6 Å². The minimum atomic E-state index is 0.299. The van der Waals surface area contributed by atoms with Crippen LogP contribution >= 0.6 is 22.9 Å². The fourth-order valence-electron chi connectivity index (χ4n) is 1.08. The summed E-state index contributed by atoms with van der Waals surface area (Å²) in [6, 6.07) is 0. The number of thiazole rings is 1. The molecule has 6 heteroatoms. The highest BCUT2D eigenvalue weighted by Gasteiger charge is 2.09. The fourth-order valence-corrected chi connectivity index (χ4v) is 1.87. The summed E-state index contributed by atoms with van der Waals surface area (Å²) in [7, 11) is 1.53. The second-order valence-electron chi connectivity index (χ2n) is 2.80. The highest BCUT2D eigenvalue weighted by Crippen LogP contribution is 2.24. The van der Waals surface area contributed by atoms with Crippen LogP contribution in [-0.4, -0.2) is 22.1 Å². The maximum Gasteiger partial charge on any atom is 0.180 e. The van der Waals surface area contributed by atoms with E-state index >= 15 is 0 Å². The lowest BCUT2D eigenvalue weighted by atomic mass is 10.4. The molecule has 0 aliphatic heterocycles. The number of hydrogen-bond donors (Lipinski definition) is 0. The Morgan fingerprint density at radius 3 is 2.73 bits per heavy atom. The van der Waals surface area contributed by atoms with Crippen molar-refractivity contribution >= 4 is 22.9 Å². The van der Waals surface area contributed by atoms with Crippen molar-refractivity contribution in [3.05, 3.63) is 21.7 Å². The average molecular weight is 242 g/mol. The van der Waals surface area contributed by atoms with Crippen molar-refractivity contribution in [2.75, 3.05) is 7.11 Å². The highest BCUT2D eigenvalue weighted by atomic mass is 35.5. The Morgan fingerprint density at radius 1 is 1.40 bits per heavy atom. The Balaban J connectivity index is 2.42. The summed E-state index contributed by atoms with van der Waals surface area (Å²) in [6.07, 6.45) is 1.54. The van der Waals surface area contributed by atoms with Gasteiger partial charge in [0.1, 0.15) is 5.69 Å². The SMILES string of the molecule is COc1cnc(-c2csc(C)n2)nc1Cl. The second-order valence-corrected chi connectivity index (χ2v) is 4.22. The van der Waals surface area contributed by atoms with Gasteiger partial charge in [0.15, 0.2) is 16.7 Å². The summed E-state index contributed by atoms with van der Waals surface area (Å²) >= 11 is 7.44. The number of aryl methyl sites for hydroxylation is 1.